The lowest BCUT2D eigenvalue weighted by molar-refractivity contribution is -0.925. The molecule has 1 amide bonds. The topological polar surface area (TPSA) is 37.9 Å². The number of hydrogen-bond acceptors (Lipinski definition) is 2. The molecule has 108 valence electrons. The van der Waals surface area contributed by atoms with Crippen molar-refractivity contribution in [3.8, 4) is 0 Å². The van der Waals surface area contributed by atoms with Crippen molar-refractivity contribution in [3.63, 3.8) is 0 Å². The minimum absolute atomic E-state index is 0.00912. The number of benzene rings is 1. The summed E-state index contributed by atoms with van der Waals surface area (Å²) in [6, 6.07) is 9.83. The van der Waals surface area contributed by atoms with E-state index in [2.05, 4.69) is 0 Å². The lowest BCUT2D eigenvalue weighted by atomic mass is 10.2. The number of rotatable bonds is 2. The van der Waals surface area contributed by atoms with Gasteiger partial charge in [-0.05, 0) is 36.4 Å². The van der Waals surface area contributed by atoms with Gasteiger partial charge >= 0.3 is 0 Å². The third kappa shape index (κ3) is 1.88. The van der Waals surface area contributed by atoms with Gasteiger partial charge in [0.05, 0.1) is 18.5 Å². The van der Waals surface area contributed by atoms with E-state index in [4.69, 9.17) is 4.42 Å². The average molecular weight is 287 g/mol. The molecule has 1 aromatic carbocycles. The largest absolute Gasteiger partial charge is 0.461 e. The second-order valence-electron chi connectivity index (χ2n) is 5.62. The van der Waals surface area contributed by atoms with Crippen LogP contribution in [-0.2, 0) is 4.79 Å². The van der Waals surface area contributed by atoms with Gasteiger partial charge in [0.15, 0.2) is 11.8 Å². The Hall–Kier alpha value is -2.14. The molecule has 2 saturated heterocycles. The first-order chi connectivity index (χ1) is 10.3. The molecular weight excluding hydrogens is 271 g/mol. The van der Waals surface area contributed by atoms with Crippen LogP contribution in [0, 0.1) is 5.82 Å². The molecule has 0 radical (unpaired) electrons. The minimum Gasteiger partial charge on any atom is -0.461 e. The van der Waals surface area contributed by atoms with Crippen molar-refractivity contribution in [2.75, 3.05) is 11.4 Å². The third-order valence-electron chi connectivity index (χ3n) is 4.47. The molecule has 1 N–H and O–H groups in total. The number of carbonyl (C=O) groups is 1. The second-order valence-corrected chi connectivity index (χ2v) is 5.62. The van der Waals surface area contributed by atoms with E-state index in [0.29, 0.717) is 0 Å². The summed E-state index contributed by atoms with van der Waals surface area (Å²) in [6.45, 7) is 0.958. The molecule has 3 atom stereocenters. The van der Waals surface area contributed by atoms with Gasteiger partial charge in [0.25, 0.3) is 5.91 Å². The number of fused-ring (bicyclic) bond motifs is 1. The molecule has 4 rings (SSSR count). The van der Waals surface area contributed by atoms with Crippen molar-refractivity contribution in [2.24, 2.45) is 0 Å². The molecule has 0 bridgehead atoms. The van der Waals surface area contributed by atoms with Crippen molar-refractivity contribution >= 4 is 11.6 Å². The zero-order valence-corrected chi connectivity index (χ0v) is 11.5. The van der Waals surface area contributed by atoms with Crippen molar-refractivity contribution < 1.29 is 18.5 Å². The van der Waals surface area contributed by atoms with E-state index in [1.807, 2.05) is 12.1 Å². The highest BCUT2D eigenvalue weighted by atomic mass is 19.1. The SMILES string of the molecule is O=C1[C@H]2CCC[NH+]2[C@@H](c2ccco2)N1c1ccc(F)cc1. The van der Waals surface area contributed by atoms with E-state index in [0.717, 1.165) is 30.8 Å². The summed E-state index contributed by atoms with van der Waals surface area (Å²) in [5.74, 6) is 0.593. The average Bonchev–Trinajstić information content (AvgIpc) is 3.19. The molecule has 1 unspecified atom stereocenters. The van der Waals surface area contributed by atoms with Crippen LogP contribution in [0.25, 0.3) is 0 Å². The van der Waals surface area contributed by atoms with Crippen LogP contribution < -0.4 is 9.80 Å². The minimum atomic E-state index is -0.298. The summed E-state index contributed by atoms with van der Waals surface area (Å²) in [5, 5.41) is 0. The van der Waals surface area contributed by atoms with Crippen molar-refractivity contribution in [3.05, 3.63) is 54.2 Å². The molecule has 5 heteroatoms. The predicted octanol–water partition coefficient (Wildman–Crippen LogP) is 1.51. The summed E-state index contributed by atoms with van der Waals surface area (Å²) in [4.78, 5) is 15.7. The summed E-state index contributed by atoms with van der Waals surface area (Å²) in [6.07, 6.45) is 3.44. The Balaban J connectivity index is 1.79. The predicted molar refractivity (Wildman–Crippen MR) is 74.2 cm³/mol. The number of furan rings is 1. The van der Waals surface area contributed by atoms with E-state index in [9.17, 15) is 9.18 Å². The van der Waals surface area contributed by atoms with Crippen LogP contribution in [0.2, 0.25) is 0 Å². The van der Waals surface area contributed by atoms with Crippen LogP contribution in [-0.4, -0.2) is 18.5 Å². The Labute approximate surface area is 121 Å². The molecule has 3 heterocycles. The van der Waals surface area contributed by atoms with Crippen LogP contribution in [0.5, 0.6) is 0 Å². The Bertz CT molecular complexity index is 653. The van der Waals surface area contributed by atoms with Crippen LogP contribution in [0.3, 0.4) is 0 Å². The van der Waals surface area contributed by atoms with Gasteiger partial charge < -0.3 is 4.42 Å². The van der Waals surface area contributed by atoms with Crippen LogP contribution in [0.15, 0.2) is 47.1 Å². The number of anilines is 1. The summed E-state index contributed by atoms with van der Waals surface area (Å²) in [7, 11) is 0. The van der Waals surface area contributed by atoms with Gasteiger partial charge in [0.1, 0.15) is 5.82 Å². The molecule has 4 nitrogen and oxygen atoms in total. The summed E-state index contributed by atoms with van der Waals surface area (Å²) < 4.78 is 18.7. The van der Waals surface area contributed by atoms with Gasteiger partial charge in [-0.1, -0.05) is 0 Å². The van der Waals surface area contributed by atoms with Gasteiger partial charge in [0.2, 0.25) is 6.17 Å². The van der Waals surface area contributed by atoms with Gasteiger partial charge in [-0.25, -0.2) is 9.29 Å². The Morgan fingerprint density at radius 3 is 2.76 bits per heavy atom. The monoisotopic (exact) mass is 287 g/mol. The highest BCUT2D eigenvalue weighted by Crippen LogP contribution is 2.31. The first-order valence-electron chi connectivity index (χ1n) is 7.23. The maximum Gasteiger partial charge on any atom is 0.290 e. The maximum absolute atomic E-state index is 13.1. The zero-order chi connectivity index (χ0) is 14.4. The molecule has 0 saturated carbocycles. The maximum atomic E-state index is 13.1. The van der Waals surface area contributed by atoms with Crippen molar-refractivity contribution in [2.45, 2.75) is 25.0 Å². The number of nitrogens with one attached hydrogen (secondary N) is 1. The molecule has 2 aliphatic heterocycles. The van der Waals surface area contributed by atoms with E-state index >= 15 is 0 Å². The molecule has 21 heavy (non-hydrogen) atoms. The smallest absolute Gasteiger partial charge is 0.290 e. The fourth-order valence-electron chi connectivity index (χ4n) is 3.58. The van der Waals surface area contributed by atoms with Crippen LogP contribution >= 0.6 is 0 Å². The first kappa shape index (κ1) is 12.6. The highest BCUT2D eigenvalue weighted by molar-refractivity contribution is 5.98. The number of hydrogen-bond donors (Lipinski definition) is 1. The van der Waals surface area contributed by atoms with Crippen molar-refractivity contribution in [1.29, 1.82) is 0 Å². The van der Waals surface area contributed by atoms with Gasteiger partial charge in [0, 0.05) is 12.8 Å². The van der Waals surface area contributed by atoms with E-state index in [1.54, 1.807) is 23.3 Å². The number of carbonyl (C=O) groups excluding carboxylic acids is 1. The fourth-order valence-corrected chi connectivity index (χ4v) is 3.58. The number of halogens is 1. The molecule has 2 aromatic rings. The molecule has 2 aliphatic rings. The molecular formula is C16H16FN2O2+. The Kier molecular flexibility index (Phi) is 2.82. The third-order valence-corrected chi connectivity index (χ3v) is 4.47. The zero-order valence-electron chi connectivity index (χ0n) is 11.5. The quantitative estimate of drug-likeness (QED) is 0.909. The number of quaternary nitrogens is 1. The Morgan fingerprint density at radius 1 is 1.24 bits per heavy atom. The molecule has 0 aliphatic carbocycles. The van der Waals surface area contributed by atoms with Gasteiger partial charge in [-0.2, -0.15) is 0 Å². The fraction of sp³-hybridized carbons (Fsp3) is 0.312. The highest BCUT2D eigenvalue weighted by Gasteiger charge is 2.54. The normalized spacial score (nSPS) is 28.1. The lowest BCUT2D eigenvalue weighted by Gasteiger charge is -2.24. The molecule has 0 spiro atoms. The standard InChI is InChI=1S/C16H15FN2O2/c17-11-5-7-12(8-6-11)19-15(14-4-2-10-21-14)18-9-1-3-13(18)16(19)20/h2,4-8,10,13,15H,1,3,9H2/p+1/t13-,15-/m1/s1. The van der Waals surface area contributed by atoms with E-state index < -0.39 is 0 Å². The second kappa shape index (κ2) is 4.70. The van der Waals surface area contributed by atoms with E-state index in [-0.39, 0.29) is 23.9 Å². The lowest BCUT2D eigenvalue weighted by Crippen LogP contribution is -3.12. The van der Waals surface area contributed by atoms with E-state index in [1.165, 1.54) is 17.0 Å². The Morgan fingerprint density at radius 2 is 2.05 bits per heavy atom. The molecule has 1 aromatic heterocycles. The van der Waals surface area contributed by atoms with Gasteiger partial charge in [-0.3, -0.25) is 9.69 Å². The number of amides is 1. The molecule has 2 fully saturated rings. The number of nitrogens with zero attached hydrogens (tertiary/aromatic N) is 1. The van der Waals surface area contributed by atoms with Crippen LogP contribution in [0.4, 0.5) is 10.1 Å². The summed E-state index contributed by atoms with van der Waals surface area (Å²) in [5.41, 5.74) is 0.727. The van der Waals surface area contributed by atoms with Crippen LogP contribution in [0.1, 0.15) is 24.8 Å². The van der Waals surface area contributed by atoms with Gasteiger partial charge in [-0.15, -0.1) is 0 Å². The summed E-state index contributed by atoms with van der Waals surface area (Å²) >= 11 is 0. The first-order valence-corrected chi connectivity index (χ1v) is 7.23. The van der Waals surface area contributed by atoms with Crippen molar-refractivity contribution in [1.82, 2.24) is 0 Å².